The van der Waals surface area contributed by atoms with Crippen LogP contribution in [0.2, 0.25) is 0 Å². The van der Waals surface area contributed by atoms with Crippen LogP contribution < -0.4 is 34.4 Å². The SMILES string of the molecule is NC(N)CCC(N)O[P+](=O)OC(N)CCC(N)N. The molecule has 0 heterocycles. The van der Waals surface area contributed by atoms with E-state index in [2.05, 4.69) is 0 Å². The molecule has 12 N–H and O–H groups in total. The maximum atomic E-state index is 11.4. The Labute approximate surface area is 107 Å². The lowest BCUT2D eigenvalue weighted by atomic mass is 10.2. The van der Waals surface area contributed by atoms with Crippen LogP contribution in [-0.2, 0) is 13.6 Å². The first-order valence-electron chi connectivity index (χ1n) is 5.65. The van der Waals surface area contributed by atoms with Crippen LogP contribution in [0.3, 0.4) is 0 Å². The lowest BCUT2D eigenvalue weighted by Crippen LogP contribution is -2.34. The van der Waals surface area contributed by atoms with Crippen molar-refractivity contribution in [3.63, 3.8) is 0 Å². The number of nitrogens with two attached hydrogens (primary N) is 6. The predicted octanol–water partition coefficient (Wildman–Crippen LogP) is -1.71. The zero-order chi connectivity index (χ0) is 14.1. The molecule has 0 aromatic carbocycles. The van der Waals surface area contributed by atoms with E-state index in [4.69, 9.17) is 43.4 Å². The molecule has 0 aliphatic carbocycles. The molecule has 108 valence electrons. The molecule has 0 aliphatic heterocycles. The Bertz CT molecular complexity index is 221. The molecule has 0 aliphatic rings. The summed E-state index contributed by atoms with van der Waals surface area (Å²) in [6.45, 7) is 0. The van der Waals surface area contributed by atoms with Crippen LogP contribution in [0.25, 0.3) is 0 Å². The quantitative estimate of drug-likeness (QED) is 0.200. The summed E-state index contributed by atoms with van der Waals surface area (Å²) >= 11 is 0. The smallest absolute Gasteiger partial charge is 0.316 e. The minimum absolute atomic E-state index is 0.380. The maximum Gasteiger partial charge on any atom is 0.700 e. The van der Waals surface area contributed by atoms with Gasteiger partial charge in [0.2, 0.25) is 0 Å². The molecule has 0 saturated carbocycles. The monoisotopic (exact) mass is 283 g/mol. The van der Waals surface area contributed by atoms with Crippen LogP contribution in [-0.4, -0.2) is 24.8 Å². The van der Waals surface area contributed by atoms with Gasteiger partial charge in [-0.1, -0.05) is 0 Å². The minimum Gasteiger partial charge on any atom is -0.316 e. The van der Waals surface area contributed by atoms with Crippen molar-refractivity contribution in [3.8, 4) is 0 Å². The molecule has 2 atom stereocenters. The fourth-order valence-electron chi connectivity index (χ4n) is 1.06. The second kappa shape index (κ2) is 9.68. The van der Waals surface area contributed by atoms with Gasteiger partial charge in [0.1, 0.15) is 0 Å². The molecule has 0 bridgehead atoms. The Morgan fingerprint density at radius 1 is 0.722 bits per heavy atom. The first-order valence-corrected chi connectivity index (χ1v) is 6.75. The number of rotatable bonds is 10. The van der Waals surface area contributed by atoms with E-state index in [-0.39, 0.29) is 0 Å². The van der Waals surface area contributed by atoms with Crippen molar-refractivity contribution in [1.82, 2.24) is 0 Å². The summed E-state index contributed by atoms with van der Waals surface area (Å²) in [5.74, 6) is 0. The highest BCUT2D eigenvalue weighted by molar-refractivity contribution is 7.33. The number of hydrogen-bond donors (Lipinski definition) is 6. The summed E-state index contributed by atoms with van der Waals surface area (Å²) in [6, 6.07) is 0. The second-order valence-corrected chi connectivity index (χ2v) is 4.86. The predicted molar refractivity (Wildman–Crippen MR) is 68.5 cm³/mol. The summed E-state index contributed by atoms with van der Waals surface area (Å²) in [6.07, 6.45) is -0.801. The van der Waals surface area contributed by atoms with Gasteiger partial charge >= 0.3 is 8.25 Å². The molecule has 0 radical (unpaired) electrons. The number of hydrogen-bond acceptors (Lipinski definition) is 9. The van der Waals surface area contributed by atoms with Gasteiger partial charge in [-0.05, 0) is 25.7 Å². The normalized spacial score (nSPS) is 16.1. The Kier molecular flexibility index (Phi) is 9.56. The van der Waals surface area contributed by atoms with Crippen molar-refractivity contribution >= 4 is 8.25 Å². The Balaban J connectivity index is 3.74. The van der Waals surface area contributed by atoms with E-state index < -0.39 is 33.0 Å². The maximum absolute atomic E-state index is 11.4. The van der Waals surface area contributed by atoms with E-state index in [0.717, 1.165) is 0 Å². The van der Waals surface area contributed by atoms with Gasteiger partial charge < -0.3 is 34.4 Å². The molecule has 0 rings (SSSR count). The van der Waals surface area contributed by atoms with Gasteiger partial charge in [-0.3, -0.25) is 0 Å². The van der Waals surface area contributed by atoms with Crippen LogP contribution in [0, 0.1) is 0 Å². The van der Waals surface area contributed by atoms with E-state index in [9.17, 15) is 4.57 Å². The summed E-state index contributed by atoms with van der Waals surface area (Å²) in [5.41, 5.74) is 32.4. The summed E-state index contributed by atoms with van der Waals surface area (Å²) < 4.78 is 21.2. The van der Waals surface area contributed by atoms with Gasteiger partial charge in [0.25, 0.3) is 0 Å². The zero-order valence-electron chi connectivity index (χ0n) is 10.3. The van der Waals surface area contributed by atoms with Gasteiger partial charge in [-0.25, -0.2) is 0 Å². The van der Waals surface area contributed by atoms with Crippen molar-refractivity contribution in [3.05, 3.63) is 0 Å². The average Bonchev–Trinajstić information content (AvgIpc) is 2.23. The summed E-state index contributed by atoms with van der Waals surface area (Å²) in [7, 11) is -2.38. The summed E-state index contributed by atoms with van der Waals surface area (Å²) in [4.78, 5) is 0. The molecular weight excluding hydrogens is 259 g/mol. The van der Waals surface area contributed by atoms with Crippen LogP contribution in [0.15, 0.2) is 0 Å². The molecule has 0 fully saturated rings. The molecule has 0 aromatic rings. The van der Waals surface area contributed by atoms with Crippen molar-refractivity contribution in [2.45, 2.75) is 50.5 Å². The third kappa shape index (κ3) is 10.9. The van der Waals surface area contributed by atoms with E-state index in [0.29, 0.717) is 25.7 Å². The highest BCUT2D eigenvalue weighted by Gasteiger charge is 2.28. The van der Waals surface area contributed by atoms with E-state index in [1.165, 1.54) is 0 Å². The molecule has 9 nitrogen and oxygen atoms in total. The largest absolute Gasteiger partial charge is 0.700 e. The van der Waals surface area contributed by atoms with E-state index in [1.54, 1.807) is 0 Å². The molecular formula is C8H24N6O3P+. The first-order chi connectivity index (χ1) is 8.31. The van der Waals surface area contributed by atoms with Crippen molar-refractivity contribution < 1.29 is 13.6 Å². The average molecular weight is 283 g/mol. The third-order valence-electron chi connectivity index (χ3n) is 2.01. The fourth-order valence-corrected chi connectivity index (χ4v) is 1.77. The zero-order valence-corrected chi connectivity index (χ0v) is 11.2. The molecule has 0 aromatic heterocycles. The van der Waals surface area contributed by atoms with Crippen molar-refractivity contribution in [1.29, 1.82) is 0 Å². The Morgan fingerprint density at radius 2 is 1.06 bits per heavy atom. The second-order valence-electron chi connectivity index (χ2n) is 3.99. The molecule has 0 saturated heterocycles. The van der Waals surface area contributed by atoms with E-state index >= 15 is 0 Å². The third-order valence-corrected chi connectivity index (χ3v) is 2.90. The minimum atomic E-state index is -2.38. The van der Waals surface area contributed by atoms with Crippen molar-refractivity contribution in [2.24, 2.45) is 34.4 Å². The van der Waals surface area contributed by atoms with Gasteiger partial charge in [-0.15, -0.1) is 9.05 Å². The van der Waals surface area contributed by atoms with Gasteiger partial charge in [-0.2, -0.15) is 0 Å². The van der Waals surface area contributed by atoms with Crippen LogP contribution >= 0.6 is 8.25 Å². The fraction of sp³-hybridized carbons (Fsp3) is 1.00. The highest BCUT2D eigenvalue weighted by atomic mass is 31.1. The van der Waals surface area contributed by atoms with Gasteiger partial charge in [0.05, 0.1) is 12.3 Å². The standard InChI is InChI=1S/C8H24N6O3P/c9-5(10)1-3-7(13)16-18(15)17-8(14)4-2-6(11)12/h5-8H,1-4,9-14H2/q+1. The molecule has 18 heavy (non-hydrogen) atoms. The highest BCUT2D eigenvalue weighted by Crippen LogP contribution is 2.27. The van der Waals surface area contributed by atoms with E-state index in [1.807, 2.05) is 0 Å². The Morgan fingerprint density at radius 3 is 1.33 bits per heavy atom. The molecule has 2 unspecified atom stereocenters. The summed E-state index contributed by atoms with van der Waals surface area (Å²) in [5, 5.41) is 0. The Hall–Kier alpha value is -0.220. The van der Waals surface area contributed by atoms with Gasteiger partial charge in [0.15, 0.2) is 12.5 Å². The lowest BCUT2D eigenvalue weighted by molar-refractivity contribution is 0.122. The topological polar surface area (TPSA) is 192 Å². The van der Waals surface area contributed by atoms with Gasteiger partial charge in [0, 0.05) is 4.57 Å². The first kappa shape index (κ1) is 17.8. The van der Waals surface area contributed by atoms with Crippen LogP contribution in [0.4, 0.5) is 0 Å². The van der Waals surface area contributed by atoms with Crippen LogP contribution in [0.5, 0.6) is 0 Å². The lowest BCUT2D eigenvalue weighted by Gasteiger charge is -2.09. The molecule has 10 heteroatoms. The van der Waals surface area contributed by atoms with Crippen molar-refractivity contribution in [2.75, 3.05) is 0 Å². The molecule has 0 amide bonds. The molecule has 0 spiro atoms. The van der Waals surface area contributed by atoms with Crippen LogP contribution in [0.1, 0.15) is 25.7 Å².